The van der Waals surface area contributed by atoms with Crippen LogP contribution < -0.4 is 5.76 Å². The van der Waals surface area contributed by atoms with E-state index in [1.165, 1.54) is 24.3 Å². The Balaban J connectivity index is 1.76. The first kappa shape index (κ1) is 14.5. The number of benzene rings is 1. The average molecular weight is 305 g/mol. The lowest BCUT2D eigenvalue weighted by Gasteiger charge is -2.26. The number of hydrogen-bond donors (Lipinski definition) is 0. The molecule has 2 heterocycles. The number of likely N-dealkylation sites (tertiary alicyclic amines) is 1. The number of amides is 1. The number of halogens is 1. The molecule has 1 aromatic carbocycles. The molecule has 0 bridgehead atoms. The molecule has 116 valence electrons. The Hall–Kier alpha value is -2.44. The zero-order chi connectivity index (χ0) is 15.5. The molecular formula is C15H16FN3O3. The summed E-state index contributed by atoms with van der Waals surface area (Å²) in [6, 6.07) is 5.45. The largest absolute Gasteiger partial charge is 0.437 e. The Labute approximate surface area is 126 Å². The molecule has 1 fully saturated rings. The van der Waals surface area contributed by atoms with Gasteiger partial charge in [-0.05, 0) is 43.5 Å². The van der Waals surface area contributed by atoms with E-state index in [4.69, 9.17) is 4.42 Å². The minimum Gasteiger partial charge on any atom is -0.388 e. The van der Waals surface area contributed by atoms with Crippen molar-refractivity contribution in [2.45, 2.75) is 25.8 Å². The van der Waals surface area contributed by atoms with E-state index in [0.29, 0.717) is 5.56 Å². The fourth-order valence-corrected chi connectivity index (χ4v) is 2.49. The van der Waals surface area contributed by atoms with Crippen molar-refractivity contribution < 1.29 is 13.6 Å². The van der Waals surface area contributed by atoms with Gasteiger partial charge in [-0.25, -0.2) is 9.18 Å². The molecule has 1 amide bonds. The van der Waals surface area contributed by atoms with Crippen molar-refractivity contribution in [3.05, 3.63) is 40.6 Å². The molecule has 0 radical (unpaired) electrons. The van der Waals surface area contributed by atoms with E-state index < -0.39 is 5.76 Å². The predicted octanol–water partition coefficient (Wildman–Crippen LogP) is 1.65. The van der Waals surface area contributed by atoms with E-state index in [1.807, 2.05) is 0 Å². The lowest BCUT2D eigenvalue weighted by atomic mass is 10.1. The Kier molecular flexibility index (Phi) is 4.04. The van der Waals surface area contributed by atoms with Crippen LogP contribution in [0.2, 0.25) is 0 Å². The van der Waals surface area contributed by atoms with E-state index in [0.717, 1.165) is 37.0 Å². The minimum atomic E-state index is -0.690. The molecule has 3 rings (SSSR count). The lowest BCUT2D eigenvalue weighted by molar-refractivity contribution is -0.133. The van der Waals surface area contributed by atoms with Crippen molar-refractivity contribution in [3.63, 3.8) is 0 Å². The maximum absolute atomic E-state index is 12.9. The highest BCUT2D eigenvalue weighted by atomic mass is 19.1. The van der Waals surface area contributed by atoms with E-state index >= 15 is 0 Å². The van der Waals surface area contributed by atoms with E-state index in [9.17, 15) is 14.0 Å². The Morgan fingerprint density at radius 3 is 2.55 bits per heavy atom. The van der Waals surface area contributed by atoms with Gasteiger partial charge in [0.05, 0.1) is 0 Å². The molecule has 7 heteroatoms. The molecule has 0 aliphatic carbocycles. The van der Waals surface area contributed by atoms with Gasteiger partial charge in [-0.2, -0.15) is 4.68 Å². The molecule has 0 saturated carbocycles. The Morgan fingerprint density at radius 1 is 1.18 bits per heavy atom. The van der Waals surface area contributed by atoms with Crippen molar-refractivity contribution in [1.82, 2.24) is 14.7 Å². The topological polar surface area (TPSA) is 68.3 Å². The molecule has 0 spiro atoms. The molecule has 6 nitrogen and oxygen atoms in total. The molecule has 1 aliphatic heterocycles. The van der Waals surface area contributed by atoms with Crippen molar-refractivity contribution in [2.75, 3.05) is 13.1 Å². The molecule has 1 aromatic heterocycles. The van der Waals surface area contributed by atoms with Gasteiger partial charge >= 0.3 is 5.76 Å². The summed E-state index contributed by atoms with van der Waals surface area (Å²) in [4.78, 5) is 25.7. The fourth-order valence-electron chi connectivity index (χ4n) is 2.49. The second-order valence-electron chi connectivity index (χ2n) is 5.28. The maximum Gasteiger partial charge on any atom is 0.437 e. The highest BCUT2D eigenvalue weighted by molar-refractivity contribution is 5.76. The molecule has 0 N–H and O–H groups in total. The number of aromatic nitrogens is 2. The van der Waals surface area contributed by atoms with Gasteiger partial charge in [-0.15, -0.1) is 5.10 Å². The number of hydrogen-bond acceptors (Lipinski definition) is 4. The average Bonchev–Trinajstić information content (AvgIpc) is 2.90. The van der Waals surface area contributed by atoms with Gasteiger partial charge in [0.25, 0.3) is 0 Å². The normalized spacial score (nSPS) is 15.0. The van der Waals surface area contributed by atoms with Gasteiger partial charge in [-0.1, -0.05) is 0 Å². The highest BCUT2D eigenvalue weighted by Crippen LogP contribution is 2.15. The number of carbonyl (C=O) groups is 1. The summed E-state index contributed by atoms with van der Waals surface area (Å²) in [5.41, 5.74) is 0.489. The van der Waals surface area contributed by atoms with Crippen LogP contribution >= 0.6 is 0 Å². The van der Waals surface area contributed by atoms with Crippen LogP contribution in [-0.2, 0) is 11.3 Å². The van der Waals surface area contributed by atoms with Gasteiger partial charge in [0.15, 0.2) is 0 Å². The standard InChI is InChI=1S/C15H16FN3O3/c16-12-6-4-11(5-7-12)14-17-19(15(21)22-14)10-13(20)18-8-2-1-3-9-18/h4-7H,1-3,8-10H2. The smallest absolute Gasteiger partial charge is 0.388 e. The molecule has 22 heavy (non-hydrogen) atoms. The van der Waals surface area contributed by atoms with Crippen molar-refractivity contribution in [3.8, 4) is 11.5 Å². The van der Waals surface area contributed by atoms with E-state index in [1.54, 1.807) is 4.90 Å². The van der Waals surface area contributed by atoms with Gasteiger partial charge in [0.1, 0.15) is 12.4 Å². The monoisotopic (exact) mass is 305 g/mol. The van der Waals surface area contributed by atoms with Crippen LogP contribution in [0.5, 0.6) is 0 Å². The summed E-state index contributed by atoms with van der Waals surface area (Å²) in [6.07, 6.45) is 3.10. The van der Waals surface area contributed by atoms with E-state index in [2.05, 4.69) is 5.10 Å². The fraction of sp³-hybridized carbons (Fsp3) is 0.400. The molecule has 1 aliphatic rings. The third kappa shape index (κ3) is 3.08. The third-order valence-electron chi connectivity index (χ3n) is 3.69. The molecule has 0 atom stereocenters. The maximum atomic E-state index is 12.9. The van der Waals surface area contributed by atoms with Crippen LogP contribution in [0.25, 0.3) is 11.5 Å². The second-order valence-corrected chi connectivity index (χ2v) is 5.28. The van der Waals surface area contributed by atoms with Crippen LogP contribution in [0.1, 0.15) is 19.3 Å². The predicted molar refractivity (Wildman–Crippen MR) is 76.6 cm³/mol. The first-order valence-corrected chi connectivity index (χ1v) is 7.25. The van der Waals surface area contributed by atoms with Crippen molar-refractivity contribution in [2.24, 2.45) is 0 Å². The SMILES string of the molecule is O=C(Cn1nc(-c2ccc(F)cc2)oc1=O)N1CCCCC1. The minimum absolute atomic E-state index is 0.0800. The van der Waals surface area contributed by atoms with Crippen molar-refractivity contribution in [1.29, 1.82) is 0 Å². The summed E-state index contributed by atoms with van der Waals surface area (Å²) in [7, 11) is 0. The second kappa shape index (κ2) is 6.13. The summed E-state index contributed by atoms with van der Waals surface area (Å²) in [5.74, 6) is -1.13. The van der Waals surface area contributed by atoms with Crippen LogP contribution in [0.15, 0.2) is 33.5 Å². The lowest BCUT2D eigenvalue weighted by Crippen LogP contribution is -2.39. The molecule has 1 saturated heterocycles. The zero-order valence-electron chi connectivity index (χ0n) is 12.0. The Morgan fingerprint density at radius 2 is 1.86 bits per heavy atom. The van der Waals surface area contributed by atoms with Crippen LogP contribution in [0.3, 0.4) is 0 Å². The zero-order valence-corrected chi connectivity index (χ0v) is 12.0. The summed E-state index contributed by atoms with van der Waals surface area (Å²) in [6.45, 7) is 1.30. The van der Waals surface area contributed by atoms with Crippen LogP contribution in [0.4, 0.5) is 4.39 Å². The summed E-state index contributed by atoms with van der Waals surface area (Å²) < 4.78 is 18.9. The molecule has 0 unspecified atom stereocenters. The van der Waals surface area contributed by atoms with Gasteiger partial charge in [0.2, 0.25) is 11.8 Å². The number of rotatable bonds is 3. The van der Waals surface area contributed by atoms with Gasteiger partial charge in [-0.3, -0.25) is 4.79 Å². The highest BCUT2D eigenvalue weighted by Gasteiger charge is 2.19. The Bertz CT molecular complexity index is 714. The number of piperidine rings is 1. The third-order valence-corrected chi connectivity index (χ3v) is 3.69. The number of carbonyl (C=O) groups excluding carboxylic acids is 1. The van der Waals surface area contributed by atoms with Crippen LogP contribution in [0, 0.1) is 5.82 Å². The molecule has 2 aromatic rings. The van der Waals surface area contributed by atoms with E-state index in [-0.39, 0.29) is 24.2 Å². The summed E-state index contributed by atoms with van der Waals surface area (Å²) >= 11 is 0. The summed E-state index contributed by atoms with van der Waals surface area (Å²) in [5, 5.41) is 4.01. The molecular weight excluding hydrogens is 289 g/mol. The van der Waals surface area contributed by atoms with Gasteiger partial charge < -0.3 is 9.32 Å². The number of nitrogens with zero attached hydrogens (tertiary/aromatic N) is 3. The quantitative estimate of drug-likeness (QED) is 0.865. The van der Waals surface area contributed by atoms with Crippen molar-refractivity contribution >= 4 is 5.91 Å². The first-order valence-electron chi connectivity index (χ1n) is 7.25. The first-order chi connectivity index (χ1) is 10.6. The van der Waals surface area contributed by atoms with Crippen LogP contribution in [-0.4, -0.2) is 33.7 Å². The van der Waals surface area contributed by atoms with Gasteiger partial charge in [0, 0.05) is 18.7 Å².